The number of nitrogens with zero attached hydrogens (tertiary/aromatic N) is 2. The second kappa shape index (κ2) is 8.75. The fourth-order valence-corrected chi connectivity index (χ4v) is 2.44. The molecule has 2 N–H and O–H groups in total. The Kier molecular flexibility index (Phi) is 7.34. The van der Waals surface area contributed by atoms with Gasteiger partial charge in [-0.05, 0) is 25.0 Å². The van der Waals surface area contributed by atoms with Gasteiger partial charge in [0.05, 0.1) is 12.8 Å². The summed E-state index contributed by atoms with van der Waals surface area (Å²) in [6.45, 7) is 6.29. The van der Waals surface area contributed by atoms with E-state index in [1.54, 1.807) is 0 Å². The highest BCUT2D eigenvalue weighted by atomic mass is 32.2. The highest BCUT2D eigenvalue weighted by molar-refractivity contribution is 7.88. The van der Waals surface area contributed by atoms with Crippen LogP contribution in [0.1, 0.15) is 18.1 Å². The molecule has 0 spiro atoms. The molecule has 1 aromatic rings. The summed E-state index contributed by atoms with van der Waals surface area (Å²) in [5.74, 6) is 0.765. The number of hydrogen-bond acceptors (Lipinski definition) is 3. The second-order valence-corrected chi connectivity index (χ2v) is 7.02. The Balaban J connectivity index is 2.66. The number of nitrogens with one attached hydrogen (secondary N) is 2. The third-order valence-corrected chi connectivity index (χ3v) is 3.83. The Bertz CT molecular complexity index is 599. The lowest BCUT2D eigenvalue weighted by Crippen LogP contribution is -2.39. The zero-order chi connectivity index (χ0) is 16.6. The van der Waals surface area contributed by atoms with Crippen molar-refractivity contribution in [1.29, 1.82) is 0 Å². The predicted molar refractivity (Wildman–Crippen MR) is 91.5 cm³/mol. The molecule has 6 nitrogen and oxygen atoms in total. The summed E-state index contributed by atoms with van der Waals surface area (Å²) in [6, 6.07) is 8.23. The monoisotopic (exact) mass is 326 g/mol. The van der Waals surface area contributed by atoms with Gasteiger partial charge < -0.3 is 10.2 Å². The third kappa shape index (κ3) is 6.91. The van der Waals surface area contributed by atoms with Gasteiger partial charge in [-0.25, -0.2) is 13.1 Å². The van der Waals surface area contributed by atoms with Crippen LogP contribution in [-0.2, 0) is 16.6 Å². The lowest BCUT2D eigenvalue weighted by atomic mass is 10.1. The van der Waals surface area contributed by atoms with E-state index in [2.05, 4.69) is 34.1 Å². The first kappa shape index (κ1) is 18.4. The molecule has 0 aliphatic rings. The van der Waals surface area contributed by atoms with E-state index in [0.29, 0.717) is 13.1 Å². The number of aryl methyl sites for hydroxylation is 1. The van der Waals surface area contributed by atoms with Crippen LogP contribution in [0.5, 0.6) is 0 Å². The Hall–Kier alpha value is -1.60. The highest BCUT2D eigenvalue weighted by Gasteiger charge is 2.08. The largest absolute Gasteiger partial charge is 0.357 e. The second-order valence-electron chi connectivity index (χ2n) is 5.18. The number of benzene rings is 1. The molecular formula is C15H26N4O2S. The van der Waals surface area contributed by atoms with Crippen molar-refractivity contribution < 1.29 is 8.42 Å². The molecule has 0 saturated heterocycles. The number of aliphatic imine (C=N–C) groups is 1. The average molecular weight is 326 g/mol. The summed E-state index contributed by atoms with van der Waals surface area (Å²) in [7, 11) is -1.19. The average Bonchev–Trinajstić information content (AvgIpc) is 2.43. The maximum atomic E-state index is 11.0. The van der Waals surface area contributed by atoms with Gasteiger partial charge in [-0.1, -0.05) is 24.3 Å². The van der Waals surface area contributed by atoms with Crippen LogP contribution < -0.4 is 10.0 Å². The lowest BCUT2D eigenvalue weighted by molar-refractivity contribution is 0.475. The van der Waals surface area contributed by atoms with Crippen molar-refractivity contribution in [2.75, 3.05) is 32.9 Å². The van der Waals surface area contributed by atoms with Crippen molar-refractivity contribution in [3.05, 3.63) is 35.4 Å². The zero-order valence-corrected chi connectivity index (χ0v) is 14.6. The maximum Gasteiger partial charge on any atom is 0.208 e. The van der Waals surface area contributed by atoms with Crippen LogP contribution in [0.15, 0.2) is 29.3 Å². The van der Waals surface area contributed by atoms with Crippen LogP contribution in [0.3, 0.4) is 0 Å². The Morgan fingerprint density at radius 3 is 2.59 bits per heavy atom. The Labute approximate surface area is 133 Å². The number of hydrogen-bond donors (Lipinski definition) is 2. The van der Waals surface area contributed by atoms with E-state index in [-0.39, 0.29) is 0 Å². The topological polar surface area (TPSA) is 73.8 Å². The first-order chi connectivity index (χ1) is 10.3. The van der Waals surface area contributed by atoms with Gasteiger partial charge in [0, 0.05) is 26.7 Å². The van der Waals surface area contributed by atoms with Crippen LogP contribution in [0.25, 0.3) is 0 Å². The van der Waals surface area contributed by atoms with Crippen molar-refractivity contribution >= 4 is 16.0 Å². The number of sulfonamides is 1. The minimum absolute atomic E-state index is 0.298. The van der Waals surface area contributed by atoms with Crippen LogP contribution in [-0.4, -0.2) is 52.2 Å². The molecule has 0 aliphatic carbocycles. The van der Waals surface area contributed by atoms with Crippen LogP contribution in [0, 0.1) is 6.92 Å². The molecule has 124 valence electrons. The van der Waals surface area contributed by atoms with Gasteiger partial charge in [-0.15, -0.1) is 0 Å². The molecule has 7 heteroatoms. The van der Waals surface area contributed by atoms with E-state index in [1.165, 1.54) is 11.1 Å². The van der Waals surface area contributed by atoms with Crippen molar-refractivity contribution in [2.45, 2.75) is 20.4 Å². The van der Waals surface area contributed by atoms with Crippen molar-refractivity contribution in [3.63, 3.8) is 0 Å². The molecule has 0 aromatic heterocycles. The Morgan fingerprint density at radius 2 is 2.00 bits per heavy atom. The molecule has 1 aromatic carbocycles. The van der Waals surface area contributed by atoms with Gasteiger partial charge in [-0.3, -0.25) is 4.99 Å². The smallest absolute Gasteiger partial charge is 0.208 e. The highest BCUT2D eigenvalue weighted by Crippen LogP contribution is 2.09. The molecule has 0 bridgehead atoms. The predicted octanol–water partition coefficient (Wildman–Crippen LogP) is 0.942. The molecule has 22 heavy (non-hydrogen) atoms. The van der Waals surface area contributed by atoms with Crippen LogP contribution in [0.4, 0.5) is 0 Å². The molecule has 0 aliphatic heterocycles. The SMILES string of the molecule is CCNC(=NCCNS(C)(=O)=O)N(C)Cc1ccccc1C. The first-order valence-electron chi connectivity index (χ1n) is 7.32. The summed E-state index contributed by atoms with van der Waals surface area (Å²) in [5, 5.41) is 3.22. The lowest BCUT2D eigenvalue weighted by Gasteiger charge is -2.23. The van der Waals surface area contributed by atoms with Crippen LogP contribution >= 0.6 is 0 Å². The number of rotatable bonds is 7. The van der Waals surface area contributed by atoms with Crippen molar-refractivity contribution in [2.24, 2.45) is 4.99 Å². The van der Waals surface area contributed by atoms with Gasteiger partial charge in [0.1, 0.15) is 0 Å². The molecule has 0 amide bonds. The van der Waals surface area contributed by atoms with E-state index in [9.17, 15) is 8.42 Å². The third-order valence-electron chi connectivity index (χ3n) is 3.10. The van der Waals surface area contributed by atoms with Gasteiger partial charge in [-0.2, -0.15) is 0 Å². The van der Waals surface area contributed by atoms with Gasteiger partial charge in [0.2, 0.25) is 10.0 Å². The van der Waals surface area contributed by atoms with Crippen LogP contribution in [0.2, 0.25) is 0 Å². The van der Waals surface area contributed by atoms with Crippen molar-refractivity contribution in [3.8, 4) is 0 Å². The van der Waals surface area contributed by atoms with Crippen molar-refractivity contribution in [1.82, 2.24) is 14.9 Å². The Morgan fingerprint density at radius 1 is 1.32 bits per heavy atom. The first-order valence-corrected chi connectivity index (χ1v) is 9.21. The summed E-state index contributed by atoms with van der Waals surface area (Å²) in [6.07, 6.45) is 1.15. The van der Waals surface area contributed by atoms with E-state index in [0.717, 1.165) is 25.3 Å². The summed E-state index contributed by atoms with van der Waals surface area (Å²) >= 11 is 0. The fraction of sp³-hybridized carbons (Fsp3) is 0.533. The molecule has 1 rings (SSSR count). The molecule has 0 fully saturated rings. The van der Waals surface area contributed by atoms with Gasteiger partial charge in [0.25, 0.3) is 0 Å². The maximum absolute atomic E-state index is 11.0. The number of guanidine groups is 1. The molecule has 0 atom stereocenters. The van der Waals surface area contributed by atoms with Gasteiger partial charge >= 0.3 is 0 Å². The van der Waals surface area contributed by atoms with E-state index in [1.807, 2.05) is 31.0 Å². The molecule has 0 heterocycles. The molecule has 0 saturated carbocycles. The molecule has 0 unspecified atom stereocenters. The molecular weight excluding hydrogens is 300 g/mol. The van der Waals surface area contributed by atoms with E-state index >= 15 is 0 Å². The summed E-state index contributed by atoms with van der Waals surface area (Å²) in [4.78, 5) is 6.48. The zero-order valence-electron chi connectivity index (χ0n) is 13.8. The normalized spacial score (nSPS) is 12.3. The minimum Gasteiger partial charge on any atom is -0.357 e. The summed E-state index contributed by atoms with van der Waals surface area (Å²) in [5.41, 5.74) is 2.48. The van der Waals surface area contributed by atoms with E-state index in [4.69, 9.17) is 0 Å². The fourth-order valence-electron chi connectivity index (χ4n) is 1.98. The molecule has 0 radical (unpaired) electrons. The quantitative estimate of drug-likeness (QED) is 0.444. The van der Waals surface area contributed by atoms with Gasteiger partial charge in [0.15, 0.2) is 5.96 Å². The summed E-state index contributed by atoms with van der Waals surface area (Å²) < 4.78 is 24.5. The minimum atomic E-state index is -3.16. The van der Waals surface area contributed by atoms with E-state index < -0.39 is 10.0 Å². The standard InChI is InChI=1S/C15H26N4O2S/c1-5-16-15(17-10-11-18-22(4,20)21)19(3)12-14-9-7-6-8-13(14)2/h6-9,18H,5,10-12H2,1-4H3,(H,16,17).